The van der Waals surface area contributed by atoms with Crippen molar-refractivity contribution in [1.29, 1.82) is 0 Å². The summed E-state index contributed by atoms with van der Waals surface area (Å²) in [5, 5.41) is 2.71. The van der Waals surface area contributed by atoms with Gasteiger partial charge in [-0.1, -0.05) is 0 Å². The summed E-state index contributed by atoms with van der Waals surface area (Å²) in [5.74, 6) is -0.00651. The van der Waals surface area contributed by atoms with E-state index in [1.807, 2.05) is 0 Å². The molecule has 0 aromatic rings. The van der Waals surface area contributed by atoms with E-state index >= 15 is 0 Å². The lowest BCUT2D eigenvalue weighted by atomic mass is 10.4. The molecule has 0 aliphatic carbocycles. The zero-order valence-corrected chi connectivity index (χ0v) is 11.3. The van der Waals surface area contributed by atoms with E-state index in [1.54, 1.807) is 0 Å². The van der Waals surface area contributed by atoms with Crippen LogP contribution in [0.25, 0.3) is 0 Å². The number of carbonyl (C=O) groups is 1. The minimum Gasteiger partial charge on any atom is -0.379 e. The fourth-order valence-electron chi connectivity index (χ4n) is 1.17. The van der Waals surface area contributed by atoms with E-state index in [1.165, 1.54) is 6.92 Å². The number of hydrogen-bond donors (Lipinski definition) is 2. The predicted octanol–water partition coefficient (Wildman–Crippen LogP) is -0.0888. The molecule has 0 bridgehead atoms. The number of nitrogens with two attached hydrogens (primary N) is 1. The molecule has 6 nitrogen and oxygen atoms in total. The van der Waals surface area contributed by atoms with Crippen LogP contribution in [0.15, 0.2) is 0 Å². The van der Waals surface area contributed by atoms with E-state index in [9.17, 15) is 4.79 Å². The Hall–Kier alpha value is -0.690. The molecule has 0 spiro atoms. The predicted molar refractivity (Wildman–Crippen MR) is 69.4 cm³/mol. The molecule has 108 valence electrons. The molecule has 0 radical (unpaired) electrons. The summed E-state index contributed by atoms with van der Waals surface area (Å²) in [7, 11) is 0. The largest absolute Gasteiger partial charge is 0.379 e. The fourth-order valence-corrected chi connectivity index (χ4v) is 1.17. The Bertz CT molecular complexity index is 191. The number of amides is 1. The van der Waals surface area contributed by atoms with Gasteiger partial charge in [-0.05, 0) is 19.4 Å². The van der Waals surface area contributed by atoms with Gasteiger partial charge < -0.3 is 25.3 Å². The van der Waals surface area contributed by atoms with E-state index < -0.39 is 0 Å². The molecule has 0 fully saturated rings. The minimum atomic E-state index is -0.00651. The monoisotopic (exact) mass is 262 g/mol. The van der Waals surface area contributed by atoms with Crippen molar-refractivity contribution < 1.29 is 19.0 Å². The molecule has 1 amide bonds. The first-order valence-corrected chi connectivity index (χ1v) is 6.45. The van der Waals surface area contributed by atoms with Crippen molar-refractivity contribution >= 4 is 5.91 Å². The molecule has 0 aromatic heterocycles. The van der Waals surface area contributed by atoms with Gasteiger partial charge in [-0.15, -0.1) is 0 Å². The van der Waals surface area contributed by atoms with Gasteiger partial charge in [0.05, 0.1) is 26.4 Å². The van der Waals surface area contributed by atoms with Crippen molar-refractivity contribution in [2.24, 2.45) is 5.73 Å². The highest BCUT2D eigenvalue weighted by molar-refractivity contribution is 5.72. The third-order valence-corrected chi connectivity index (χ3v) is 2.08. The lowest BCUT2D eigenvalue weighted by Crippen LogP contribution is -2.22. The summed E-state index contributed by atoms with van der Waals surface area (Å²) in [6.07, 6.45) is 1.71. The maximum absolute atomic E-state index is 10.6. The van der Waals surface area contributed by atoms with Crippen LogP contribution in [0.1, 0.15) is 19.8 Å². The van der Waals surface area contributed by atoms with Crippen molar-refractivity contribution in [2.75, 3.05) is 52.7 Å². The van der Waals surface area contributed by atoms with Gasteiger partial charge in [0.2, 0.25) is 5.91 Å². The summed E-state index contributed by atoms with van der Waals surface area (Å²) in [4.78, 5) is 10.6. The highest BCUT2D eigenvalue weighted by Gasteiger charge is 1.93. The van der Waals surface area contributed by atoms with Crippen LogP contribution in [0.4, 0.5) is 0 Å². The first-order valence-electron chi connectivity index (χ1n) is 6.45. The molecule has 6 heteroatoms. The Labute approximate surface area is 109 Å². The summed E-state index contributed by atoms with van der Waals surface area (Å²) < 4.78 is 15.9. The van der Waals surface area contributed by atoms with E-state index in [4.69, 9.17) is 19.9 Å². The Balaban J connectivity index is 2.92. The average molecular weight is 262 g/mol. The summed E-state index contributed by atoms with van der Waals surface area (Å²) in [5.41, 5.74) is 5.32. The molecular formula is C12H26N2O4. The minimum absolute atomic E-state index is 0.00651. The lowest BCUT2D eigenvalue weighted by Gasteiger charge is -2.06. The molecule has 0 heterocycles. The third kappa shape index (κ3) is 15.3. The first-order chi connectivity index (χ1) is 8.77. The van der Waals surface area contributed by atoms with E-state index in [0.717, 1.165) is 12.8 Å². The van der Waals surface area contributed by atoms with Crippen molar-refractivity contribution in [2.45, 2.75) is 19.8 Å². The molecule has 0 unspecified atom stereocenters. The maximum Gasteiger partial charge on any atom is 0.216 e. The van der Waals surface area contributed by atoms with E-state index in [2.05, 4.69) is 5.32 Å². The number of hydrogen-bond acceptors (Lipinski definition) is 5. The van der Waals surface area contributed by atoms with Gasteiger partial charge in [-0.25, -0.2) is 0 Å². The maximum atomic E-state index is 10.6. The molecule has 0 aliphatic rings. The van der Waals surface area contributed by atoms with Gasteiger partial charge in [0.15, 0.2) is 0 Å². The van der Waals surface area contributed by atoms with Gasteiger partial charge in [-0.3, -0.25) is 4.79 Å². The average Bonchev–Trinajstić information content (AvgIpc) is 2.34. The quantitative estimate of drug-likeness (QED) is 0.453. The molecule has 0 atom stereocenters. The fraction of sp³-hybridized carbons (Fsp3) is 0.917. The Morgan fingerprint density at radius 3 is 1.94 bits per heavy atom. The number of nitrogens with one attached hydrogen (secondary N) is 1. The van der Waals surface area contributed by atoms with Gasteiger partial charge >= 0.3 is 0 Å². The second kappa shape index (κ2) is 14.4. The van der Waals surface area contributed by atoms with Crippen molar-refractivity contribution in [3.63, 3.8) is 0 Å². The highest BCUT2D eigenvalue weighted by Crippen LogP contribution is 1.85. The third-order valence-electron chi connectivity index (χ3n) is 2.08. The SMILES string of the molecule is CC(=O)NCCCOCCOCCOCCCN. The molecule has 0 aliphatic heterocycles. The number of ether oxygens (including phenoxy) is 3. The molecule has 0 aromatic carbocycles. The van der Waals surface area contributed by atoms with Crippen LogP contribution in [0, 0.1) is 0 Å². The number of rotatable bonds is 13. The van der Waals surface area contributed by atoms with Gasteiger partial charge in [0.1, 0.15) is 0 Å². The first kappa shape index (κ1) is 17.3. The van der Waals surface area contributed by atoms with E-state index in [0.29, 0.717) is 52.7 Å². The normalized spacial score (nSPS) is 10.6. The molecular weight excluding hydrogens is 236 g/mol. The summed E-state index contributed by atoms with van der Waals surface area (Å²) in [6.45, 7) is 6.48. The summed E-state index contributed by atoms with van der Waals surface area (Å²) >= 11 is 0. The number of carbonyl (C=O) groups excluding carboxylic acids is 1. The lowest BCUT2D eigenvalue weighted by molar-refractivity contribution is -0.119. The Morgan fingerprint density at radius 1 is 0.944 bits per heavy atom. The Kier molecular flexibility index (Phi) is 13.8. The van der Waals surface area contributed by atoms with Gasteiger partial charge in [0, 0.05) is 26.7 Å². The molecule has 0 saturated carbocycles. The van der Waals surface area contributed by atoms with Crippen molar-refractivity contribution in [3.8, 4) is 0 Å². The molecule has 3 N–H and O–H groups in total. The molecule has 18 heavy (non-hydrogen) atoms. The zero-order chi connectivity index (χ0) is 13.5. The van der Waals surface area contributed by atoms with Crippen molar-refractivity contribution in [3.05, 3.63) is 0 Å². The van der Waals surface area contributed by atoms with Crippen LogP contribution < -0.4 is 11.1 Å². The van der Waals surface area contributed by atoms with Crippen LogP contribution in [0.3, 0.4) is 0 Å². The highest BCUT2D eigenvalue weighted by atomic mass is 16.5. The van der Waals surface area contributed by atoms with Crippen LogP contribution in [0.2, 0.25) is 0 Å². The molecule has 0 rings (SSSR count). The molecule has 0 saturated heterocycles. The van der Waals surface area contributed by atoms with Crippen LogP contribution in [-0.2, 0) is 19.0 Å². The van der Waals surface area contributed by atoms with Crippen LogP contribution in [0.5, 0.6) is 0 Å². The van der Waals surface area contributed by atoms with Crippen molar-refractivity contribution in [1.82, 2.24) is 5.32 Å². The van der Waals surface area contributed by atoms with Crippen LogP contribution in [-0.4, -0.2) is 58.6 Å². The summed E-state index contributed by atoms with van der Waals surface area (Å²) in [6, 6.07) is 0. The Morgan fingerprint density at radius 2 is 1.44 bits per heavy atom. The van der Waals surface area contributed by atoms with E-state index in [-0.39, 0.29) is 5.91 Å². The zero-order valence-electron chi connectivity index (χ0n) is 11.3. The smallest absolute Gasteiger partial charge is 0.216 e. The topological polar surface area (TPSA) is 82.8 Å². The van der Waals surface area contributed by atoms with Crippen LogP contribution >= 0.6 is 0 Å². The second-order valence-corrected chi connectivity index (χ2v) is 3.82. The second-order valence-electron chi connectivity index (χ2n) is 3.82. The van der Waals surface area contributed by atoms with Gasteiger partial charge in [-0.2, -0.15) is 0 Å². The standard InChI is InChI=1S/C12H26N2O4/c1-12(15)14-5-3-7-17-9-11-18-10-8-16-6-2-4-13/h2-11,13H2,1H3,(H,14,15). The van der Waals surface area contributed by atoms with Gasteiger partial charge in [0.25, 0.3) is 0 Å².